The lowest BCUT2D eigenvalue weighted by Crippen LogP contribution is -2.52. The van der Waals surface area contributed by atoms with Gasteiger partial charge in [-0.2, -0.15) is 0 Å². The van der Waals surface area contributed by atoms with Crippen molar-refractivity contribution in [1.82, 2.24) is 0 Å². The van der Waals surface area contributed by atoms with E-state index in [0.29, 0.717) is 29.0 Å². The molecule has 11 atom stereocenters. The lowest BCUT2D eigenvalue weighted by Gasteiger charge is -2.59. The van der Waals surface area contributed by atoms with E-state index in [1.807, 2.05) is 0 Å². The largest absolute Gasteiger partial charge is 0.374 e. The highest BCUT2D eigenvalue weighted by atomic mass is 16.5. The van der Waals surface area contributed by atoms with E-state index in [0.717, 1.165) is 42.1 Å². The predicted molar refractivity (Wildman–Crippen MR) is 120 cm³/mol. The average molecular weight is 400 g/mol. The third-order valence-corrected chi connectivity index (χ3v) is 11.1. The molecule has 5 aliphatic rings. The zero-order valence-corrected chi connectivity index (χ0v) is 19.4. The van der Waals surface area contributed by atoms with Crippen molar-refractivity contribution in [2.75, 3.05) is 6.54 Å². The Morgan fingerprint density at radius 2 is 1.97 bits per heavy atom. The van der Waals surface area contributed by atoms with Gasteiger partial charge in [0, 0.05) is 0 Å². The summed E-state index contributed by atoms with van der Waals surface area (Å²) < 4.78 is 6.81. The van der Waals surface area contributed by atoms with E-state index in [1.54, 1.807) is 0 Å². The monoisotopic (exact) mass is 399 g/mol. The Morgan fingerprint density at radius 1 is 1.14 bits per heavy atom. The highest BCUT2D eigenvalue weighted by Crippen LogP contribution is 2.69. The van der Waals surface area contributed by atoms with Crippen LogP contribution in [0, 0.1) is 52.3 Å². The fourth-order valence-electron chi connectivity index (χ4n) is 9.40. The Balaban J connectivity index is 1.34. The van der Waals surface area contributed by atoms with Crippen LogP contribution in [-0.2, 0) is 4.74 Å². The van der Waals surface area contributed by atoms with Crippen molar-refractivity contribution in [2.24, 2.45) is 58.0 Å². The fraction of sp³-hybridized carbons (Fsp3) is 0.926. The minimum atomic E-state index is 0.476. The third kappa shape index (κ3) is 3.02. The molecule has 0 aromatic rings. The molecule has 0 spiro atoms. The molecule has 3 saturated carbocycles. The van der Waals surface area contributed by atoms with E-state index < -0.39 is 0 Å². The van der Waals surface area contributed by atoms with Crippen LogP contribution in [0.1, 0.15) is 85.5 Å². The number of nitrogens with two attached hydrogens (primary N) is 1. The van der Waals surface area contributed by atoms with Crippen LogP contribution >= 0.6 is 0 Å². The Morgan fingerprint density at radius 3 is 2.76 bits per heavy atom. The van der Waals surface area contributed by atoms with Crippen LogP contribution in [0.3, 0.4) is 0 Å². The van der Waals surface area contributed by atoms with Crippen LogP contribution < -0.4 is 5.73 Å². The van der Waals surface area contributed by atoms with Crippen molar-refractivity contribution < 1.29 is 4.74 Å². The van der Waals surface area contributed by atoms with Gasteiger partial charge in [0.1, 0.15) is 0 Å². The molecule has 0 amide bonds. The maximum atomic E-state index is 6.81. The van der Waals surface area contributed by atoms with Gasteiger partial charge in [0.05, 0.1) is 12.2 Å². The van der Waals surface area contributed by atoms with Crippen molar-refractivity contribution in [2.45, 2.75) is 97.7 Å². The molecule has 29 heavy (non-hydrogen) atoms. The molecule has 2 N–H and O–H groups in total. The smallest absolute Gasteiger partial charge is 0.0618 e. The molecular weight excluding hydrogens is 354 g/mol. The van der Waals surface area contributed by atoms with Crippen LogP contribution in [0.25, 0.3) is 0 Å². The van der Waals surface area contributed by atoms with Crippen LogP contribution in [0.15, 0.2) is 12.2 Å². The molecule has 5 rings (SSSR count). The SMILES string of the molecule is CC(CN)CCC1O[C@H]2C[C@H]3[C@@H]4CCC5CCC=C[C@]5(C)[C@H]4CC[C@]3(C)[C@H]2[C@@H]1C. The molecule has 164 valence electrons. The van der Waals surface area contributed by atoms with Gasteiger partial charge in [-0.1, -0.05) is 39.8 Å². The first-order valence-electron chi connectivity index (χ1n) is 12.9. The van der Waals surface area contributed by atoms with Gasteiger partial charge in [-0.25, -0.2) is 0 Å². The Kier molecular flexibility index (Phi) is 5.22. The fourth-order valence-corrected chi connectivity index (χ4v) is 9.40. The van der Waals surface area contributed by atoms with E-state index in [4.69, 9.17) is 10.5 Å². The zero-order chi connectivity index (χ0) is 20.4. The minimum Gasteiger partial charge on any atom is -0.374 e. The van der Waals surface area contributed by atoms with Gasteiger partial charge in [-0.15, -0.1) is 0 Å². The molecule has 0 aromatic heterocycles. The molecular formula is C27H45NO. The standard InChI is InChI=1S/C27H45NO/c1-17(16-28)8-11-23-18(2)25-24(29-23)15-22-20-10-9-19-7-5-6-13-26(19,3)21(20)12-14-27(22,25)4/h6,13,17-25H,5,7-12,14-16,28H2,1-4H3/t17?,18-,19?,20-,21+,22+,23?,24+,25+,26+,27+/m1/s1. The molecule has 1 aliphatic heterocycles. The van der Waals surface area contributed by atoms with Crippen LogP contribution in [0.2, 0.25) is 0 Å². The average Bonchev–Trinajstić information content (AvgIpc) is 3.19. The molecule has 1 saturated heterocycles. The molecule has 0 bridgehead atoms. The summed E-state index contributed by atoms with van der Waals surface area (Å²) in [7, 11) is 0. The van der Waals surface area contributed by atoms with Crippen molar-refractivity contribution in [3.8, 4) is 0 Å². The summed E-state index contributed by atoms with van der Waals surface area (Å²) in [5.74, 6) is 5.85. The minimum absolute atomic E-state index is 0.476. The predicted octanol–water partition coefficient (Wildman–Crippen LogP) is 6.20. The second kappa shape index (κ2) is 7.37. The van der Waals surface area contributed by atoms with Gasteiger partial charge in [-0.3, -0.25) is 0 Å². The lowest BCUT2D eigenvalue weighted by atomic mass is 9.45. The summed E-state index contributed by atoms with van der Waals surface area (Å²) in [6, 6.07) is 0. The topological polar surface area (TPSA) is 35.2 Å². The summed E-state index contributed by atoms with van der Waals surface area (Å²) in [6.45, 7) is 10.9. The number of allylic oxidation sites excluding steroid dienone is 2. The van der Waals surface area contributed by atoms with Crippen molar-refractivity contribution >= 4 is 0 Å². The van der Waals surface area contributed by atoms with Crippen LogP contribution in [-0.4, -0.2) is 18.8 Å². The summed E-state index contributed by atoms with van der Waals surface area (Å²) in [5.41, 5.74) is 6.86. The van der Waals surface area contributed by atoms with E-state index in [-0.39, 0.29) is 0 Å². The van der Waals surface area contributed by atoms with E-state index in [9.17, 15) is 0 Å². The molecule has 4 fully saturated rings. The molecule has 2 nitrogen and oxygen atoms in total. The summed E-state index contributed by atoms with van der Waals surface area (Å²) in [5, 5.41) is 0. The Bertz CT molecular complexity index is 644. The van der Waals surface area contributed by atoms with Crippen molar-refractivity contribution in [3.05, 3.63) is 12.2 Å². The van der Waals surface area contributed by atoms with Crippen molar-refractivity contribution in [3.63, 3.8) is 0 Å². The maximum absolute atomic E-state index is 6.81. The molecule has 3 unspecified atom stereocenters. The highest BCUT2D eigenvalue weighted by Gasteiger charge is 2.65. The number of rotatable bonds is 4. The van der Waals surface area contributed by atoms with E-state index >= 15 is 0 Å². The first kappa shape index (κ1) is 20.6. The quantitative estimate of drug-likeness (QED) is 0.571. The van der Waals surface area contributed by atoms with Gasteiger partial charge in [-0.05, 0) is 117 Å². The summed E-state index contributed by atoms with van der Waals surface area (Å²) in [6.07, 6.45) is 18.6. The number of ether oxygens (including phenoxy) is 1. The lowest BCUT2D eigenvalue weighted by molar-refractivity contribution is -0.0859. The summed E-state index contributed by atoms with van der Waals surface area (Å²) in [4.78, 5) is 0. The highest BCUT2D eigenvalue weighted by molar-refractivity contribution is 5.17. The number of fused-ring (bicyclic) bond motifs is 7. The van der Waals surface area contributed by atoms with Crippen molar-refractivity contribution in [1.29, 1.82) is 0 Å². The zero-order valence-electron chi connectivity index (χ0n) is 19.4. The molecule has 1 heterocycles. The maximum Gasteiger partial charge on any atom is 0.0618 e. The van der Waals surface area contributed by atoms with E-state index in [2.05, 4.69) is 39.8 Å². The molecule has 2 heteroatoms. The molecule has 0 aromatic carbocycles. The van der Waals surface area contributed by atoms with Crippen LogP contribution in [0.4, 0.5) is 0 Å². The molecule has 0 radical (unpaired) electrons. The Hall–Kier alpha value is -0.340. The van der Waals surface area contributed by atoms with Gasteiger partial charge in [0.25, 0.3) is 0 Å². The second-order valence-corrected chi connectivity index (χ2v) is 12.3. The number of hydrogen-bond donors (Lipinski definition) is 1. The Labute approximate surface area is 179 Å². The number of hydrogen-bond acceptors (Lipinski definition) is 2. The van der Waals surface area contributed by atoms with E-state index in [1.165, 1.54) is 57.8 Å². The van der Waals surface area contributed by atoms with Gasteiger partial charge in [0.15, 0.2) is 0 Å². The second-order valence-electron chi connectivity index (χ2n) is 12.3. The van der Waals surface area contributed by atoms with Crippen LogP contribution in [0.5, 0.6) is 0 Å². The first-order valence-corrected chi connectivity index (χ1v) is 12.9. The van der Waals surface area contributed by atoms with Gasteiger partial charge < -0.3 is 10.5 Å². The third-order valence-electron chi connectivity index (χ3n) is 11.1. The van der Waals surface area contributed by atoms with Gasteiger partial charge >= 0.3 is 0 Å². The first-order chi connectivity index (χ1) is 13.9. The molecule has 4 aliphatic carbocycles. The normalized spacial score (nSPS) is 54.4. The summed E-state index contributed by atoms with van der Waals surface area (Å²) >= 11 is 0. The van der Waals surface area contributed by atoms with Gasteiger partial charge in [0.2, 0.25) is 0 Å².